The Bertz CT molecular complexity index is 938. The summed E-state index contributed by atoms with van der Waals surface area (Å²) in [5.41, 5.74) is 3.84. The third-order valence-electron chi connectivity index (χ3n) is 4.10. The Morgan fingerprint density at radius 2 is 1.46 bits per heavy atom. The Hall–Kier alpha value is -2.79. The monoisotopic (exact) mass is 334 g/mol. The summed E-state index contributed by atoms with van der Waals surface area (Å²) in [7, 11) is 0. The van der Waals surface area contributed by atoms with Crippen molar-refractivity contribution >= 4 is 28.3 Å². The van der Waals surface area contributed by atoms with Gasteiger partial charge in [-0.1, -0.05) is 42.0 Å². The molecule has 0 aliphatic carbocycles. The number of nitrogens with zero attached hydrogens (tertiary/aromatic N) is 2. The minimum Gasteiger partial charge on any atom is -0.268 e. The number of benzene rings is 2. The lowest BCUT2D eigenvalue weighted by molar-refractivity contribution is 0.0926. The van der Waals surface area contributed by atoms with Gasteiger partial charge in [0.1, 0.15) is 0 Å². The van der Waals surface area contributed by atoms with E-state index in [4.69, 9.17) is 0 Å². The van der Waals surface area contributed by atoms with Crippen LogP contribution >= 0.6 is 11.3 Å². The minimum absolute atomic E-state index is 0.306. The number of carbonyl (C=O) groups excluding carboxylic acids is 2. The molecule has 24 heavy (non-hydrogen) atoms. The van der Waals surface area contributed by atoms with Gasteiger partial charge in [-0.15, -0.1) is 11.3 Å². The van der Waals surface area contributed by atoms with Gasteiger partial charge in [0.05, 0.1) is 16.8 Å². The normalized spacial score (nSPS) is 13.5. The number of hydrogen-bond acceptors (Lipinski definition) is 4. The lowest BCUT2D eigenvalue weighted by atomic mass is 10.1. The molecule has 2 amide bonds. The van der Waals surface area contributed by atoms with Crippen LogP contribution in [0.5, 0.6) is 0 Å². The molecule has 0 fully saturated rings. The summed E-state index contributed by atoms with van der Waals surface area (Å²) in [6.45, 7) is 3.98. The van der Waals surface area contributed by atoms with Crippen molar-refractivity contribution in [2.45, 2.75) is 13.8 Å². The van der Waals surface area contributed by atoms with Gasteiger partial charge in [0, 0.05) is 10.4 Å². The first-order valence-electron chi connectivity index (χ1n) is 7.58. The zero-order chi connectivity index (χ0) is 16.8. The smallest absolute Gasteiger partial charge is 0.268 e. The predicted molar refractivity (Wildman–Crippen MR) is 94.6 cm³/mol. The van der Waals surface area contributed by atoms with Gasteiger partial charge in [0.2, 0.25) is 0 Å². The molecule has 1 aromatic heterocycles. The molecule has 4 nitrogen and oxygen atoms in total. The lowest BCUT2D eigenvalue weighted by Gasteiger charge is -2.08. The molecule has 0 saturated heterocycles. The van der Waals surface area contributed by atoms with Crippen molar-refractivity contribution < 1.29 is 9.59 Å². The summed E-state index contributed by atoms with van der Waals surface area (Å²) < 4.78 is 0. The molecule has 1 aliphatic heterocycles. The molecule has 0 N–H and O–H groups in total. The Labute approximate surface area is 143 Å². The summed E-state index contributed by atoms with van der Waals surface area (Å²) in [6.07, 6.45) is 0. The van der Waals surface area contributed by atoms with Gasteiger partial charge in [-0.3, -0.25) is 9.59 Å². The highest BCUT2D eigenvalue weighted by Crippen LogP contribution is 2.36. The second kappa shape index (κ2) is 5.39. The molecule has 0 atom stereocenters. The molecule has 0 unspecified atom stereocenters. The maximum absolute atomic E-state index is 12.6. The van der Waals surface area contributed by atoms with E-state index in [2.05, 4.69) is 4.98 Å². The molecule has 3 aromatic rings. The summed E-state index contributed by atoms with van der Waals surface area (Å²) >= 11 is 1.36. The largest absolute Gasteiger partial charge is 0.268 e. The van der Waals surface area contributed by atoms with E-state index in [1.807, 2.05) is 38.1 Å². The van der Waals surface area contributed by atoms with E-state index in [0.29, 0.717) is 16.3 Å². The number of amides is 2. The number of fused-ring (bicyclic) bond motifs is 1. The number of thiazole rings is 1. The van der Waals surface area contributed by atoms with Crippen LogP contribution in [-0.4, -0.2) is 16.8 Å². The van der Waals surface area contributed by atoms with E-state index in [1.54, 1.807) is 24.3 Å². The first kappa shape index (κ1) is 14.8. The van der Waals surface area contributed by atoms with E-state index in [0.717, 1.165) is 16.1 Å². The minimum atomic E-state index is -0.306. The average molecular weight is 334 g/mol. The second-order valence-electron chi connectivity index (χ2n) is 5.76. The molecule has 2 heterocycles. The lowest BCUT2D eigenvalue weighted by Crippen LogP contribution is -2.29. The van der Waals surface area contributed by atoms with Crippen molar-refractivity contribution in [1.29, 1.82) is 0 Å². The van der Waals surface area contributed by atoms with Crippen molar-refractivity contribution in [2.24, 2.45) is 0 Å². The molecule has 0 saturated carbocycles. The SMILES string of the molecule is Cc1ccc(-c2nc(N3C(=O)c4ccccc4C3=O)sc2C)cc1. The number of anilines is 1. The van der Waals surface area contributed by atoms with E-state index >= 15 is 0 Å². The van der Waals surface area contributed by atoms with Crippen LogP contribution in [0, 0.1) is 13.8 Å². The number of hydrogen-bond donors (Lipinski definition) is 0. The quantitative estimate of drug-likeness (QED) is 0.659. The van der Waals surface area contributed by atoms with Gasteiger partial charge >= 0.3 is 0 Å². The van der Waals surface area contributed by atoms with Gasteiger partial charge < -0.3 is 0 Å². The average Bonchev–Trinajstić information content (AvgIpc) is 3.07. The van der Waals surface area contributed by atoms with Crippen LogP contribution in [0.25, 0.3) is 11.3 Å². The van der Waals surface area contributed by atoms with Gasteiger partial charge in [-0.05, 0) is 26.0 Å². The second-order valence-corrected chi connectivity index (χ2v) is 6.94. The number of carbonyl (C=O) groups is 2. The zero-order valence-corrected chi connectivity index (χ0v) is 14.1. The molecular weight excluding hydrogens is 320 g/mol. The van der Waals surface area contributed by atoms with Crippen LogP contribution in [0.1, 0.15) is 31.2 Å². The van der Waals surface area contributed by atoms with Crippen molar-refractivity contribution in [3.05, 3.63) is 70.1 Å². The van der Waals surface area contributed by atoms with Crippen LogP contribution in [0.4, 0.5) is 5.13 Å². The van der Waals surface area contributed by atoms with Crippen LogP contribution in [0.2, 0.25) is 0 Å². The van der Waals surface area contributed by atoms with Crippen LogP contribution < -0.4 is 4.90 Å². The number of rotatable bonds is 2. The van der Waals surface area contributed by atoms with Gasteiger partial charge in [0.25, 0.3) is 11.8 Å². The van der Waals surface area contributed by atoms with Gasteiger partial charge in [-0.2, -0.15) is 0 Å². The fourth-order valence-electron chi connectivity index (χ4n) is 2.82. The van der Waals surface area contributed by atoms with E-state index in [-0.39, 0.29) is 11.8 Å². The standard InChI is InChI=1S/C19H14N2O2S/c1-11-7-9-13(10-8-11)16-12(2)24-19(20-16)21-17(22)14-5-3-4-6-15(14)18(21)23/h3-10H,1-2H3. The zero-order valence-electron chi connectivity index (χ0n) is 13.2. The summed E-state index contributed by atoms with van der Waals surface area (Å²) in [4.78, 5) is 31.9. The van der Waals surface area contributed by atoms with Gasteiger partial charge in [-0.25, -0.2) is 9.88 Å². The molecule has 0 bridgehead atoms. The Balaban J connectivity index is 1.77. The maximum atomic E-state index is 12.6. The number of aromatic nitrogens is 1. The third kappa shape index (κ3) is 2.17. The first-order valence-corrected chi connectivity index (χ1v) is 8.40. The fourth-order valence-corrected chi connectivity index (χ4v) is 3.75. The molecule has 0 spiro atoms. The van der Waals surface area contributed by atoms with E-state index in [9.17, 15) is 9.59 Å². The van der Waals surface area contributed by atoms with Crippen molar-refractivity contribution in [1.82, 2.24) is 4.98 Å². The van der Waals surface area contributed by atoms with E-state index < -0.39 is 0 Å². The van der Waals surface area contributed by atoms with Crippen molar-refractivity contribution in [2.75, 3.05) is 4.90 Å². The highest BCUT2D eigenvalue weighted by Gasteiger charge is 2.38. The number of imide groups is 1. The predicted octanol–water partition coefficient (Wildman–Crippen LogP) is 4.23. The topological polar surface area (TPSA) is 50.3 Å². The summed E-state index contributed by atoms with van der Waals surface area (Å²) in [5, 5.41) is 0.425. The van der Waals surface area contributed by atoms with Crippen LogP contribution in [0.3, 0.4) is 0 Å². The summed E-state index contributed by atoms with van der Waals surface area (Å²) in [5.74, 6) is -0.611. The molecular formula is C19H14N2O2S. The Kier molecular flexibility index (Phi) is 3.32. The highest BCUT2D eigenvalue weighted by atomic mass is 32.1. The van der Waals surface area contributed by atoms with E-state index in [1.165, 1.54) is 21.8 Å². The highest BCUT2D eigenvalue weighted by molar-refractivity contribution is 7.16. The van der Waals surface area contributed by atoms with Crippen LogP contribution in [-0.2, 0) is 0 Å². The maximum Gasteiger partial charge on any atom is 0.268 e. The first-order chi connectivity index (χ1) is 11.6. The third-order valence-corrected chi connectivity index (χ3v) is 5.05. The van der Waals surface area contributed by atoms with Crippen molar-refractivity contribution in [3.8, 4) is 11.3 Å². The Morgan fingerprint density at radius 1 is 0.875 bits per heavy atom. The number of aryl methyl sites for hydroxylation is 2. The van der Waals surface area contributed by atoms with Gasteiger partial charge in [0.15, 0.2) is 5.13 Å². The Morgan fingerprint density at radius 3 is 2.04 bits per heavy atom. The molecule has 1 aliphatic rings. The van der Waals surface area contributed by atoms with Crippen LogP contribution in [0.15, 0.2) is 48.5 Å². The molecule has 2 aromatic carbocycles. The fraction of sp³-hybridized carbons (Fsp3) is 0.105. The molecule has 5 heteroatoms. The molecule has 118 valence electrons. The molecule has 0 radical (unpaired) electrons. The van der Waals surface area contributed by atoms with Crippen molar-refractivity contribution in [3.63, 3.8) is 0 Å². The molecule has 4 rings (SSSR count). The summed E-state index contributed by atoms with van der Waals surface area (Å²) in [6, 6.07) is 14.9.